The van der Waals surface area contributed by atoms with Gasteiger partial charge in [-0.05, 0) is 29.8 Å². The second kappa shape index (κ2) is 6.53. The maximum Gasteiger partial charge on any atom is 0.408 e. The number of benzene rings is 1. The fourth-order valence-electron chi connectivity index (χ4n) is 2.31. The molecule has 0 aliphatic heterocycles. The second-order valence-electron chi connectivity index (χ2n) is 5.28. The Morgan fingerprint density at radius 2 is 1.77 bits per heavy atom. The van der Waals surface area contributed by atoms with Gasteiger partial charge in [0.25, 0.3) is 10.0 Å². The van der Waals surface area contributed by atoms with E-state index < -0.39 is 38.6 Å². The number of fused-ring (bicyclic) bond motifs is 1. The molecule has 26 heavy (non-hydrogen) atoms. The number of rotatable bonds is 4. The van der Waals surface area contributed by atoms with Crippen molar-refractivity contribution in [3.05, 3.63) is 65.2 Å². The Labute approximate surface area is 150 Å². The highest BCUT2D eigenvalue weighted by Gasteiger charge is 2.44. The summed E-state index contributed by atoms with van der Waals surface area (Å²) < 4.78 is 80.8. The number of nitrogens with zero attached hydrogens (tertiary/aromatic N) is 2. The summed E-state index contributed by atoms with van der Waals surface area (Å²) in [6.07, 6.45) is -3.54. The van der Waals surface area contributed by atoms with Crippen molar-refractivity contribution in [2.75, 3.05) is 0 Å². The third-order valence-corrected chi connectivity index (χ3v) is 5.31. The summed E-state index contributed by atoms with van der Waals surface area (Å²) in [4.78, 5) is 3.78. The smallest absolute Gasteiger partial charge is 0.289 e. The lowest BCUT2D eigenvalue weighted by molar-refractivity contribution is -0.153. The normalized spacial score (nSPS) is 13.9. The number of imidazole rings is 1. The van der Waals surface area contributed by atoms with Crippen LogP contribution < -0.4 is 4.72 Å². The highest BCUT2D eigenvalue weighted by Crippen LogP contribution is 2.35. The number of alkyl halides is 3. The van der Waals surface area contributed by atoms with Gasteiger partial charge in [-0.3, -0.25) is 4.40 Å². The van der Waals surface area contributed by atoms with E-state index in [9.17, 15) is 26.0 Å². The first-order chi connectivity index (χ1) is 12.1. The summed E-state index contributed by atoms with van der Waals surface area (Å²) in [6, 6.07) is 5.30. The van der Waals surface area contributed by atoms with Crippen LogP contribution in [0.15, 0.2) is 53.7 Å². The highest BCUT2D eigenvalue weighted by atomic mass is 35.5. The van der Waals surface area contributed by atoms with Crippen LogP contribution in [-0.4, -0.2) is 24.0 Å². The molecule has 1 aromatic carbocycles. The molecular formula is C15H10ClF4N3O2S. The number of aromatic nitrogens is 2. The molecule has 138 valence electrons. The molecule has 0 aliphatic rings. The third-order valence-electron chi connectivity index (χ3n) is 3.50. The van der Waals surface area contributed by atoms with Gasteiger partial charge in [0.2, 0.25) is 5.03 Å². The zero-order valence-corrected chi connectivity index (χ0v) is 14.3. The number of hydrogen-bond donors (Lipinski definition) is 1. The Kier molecular flexibility index (Phi) is 4.67. The molecule has 0 spiro atoms. The number of pyridine rings is 1. The second-order valence-corrected chi connectivity index (χ2v) is 7.27. The molecule has 3 rings (SSSR count). The SMILES string of the molecule is O=S(=O)(NC(c1ccc(F)cc1)C(F)(F)F)c1nc2ccccn2c1Cl. The van der Waals surface area contributed by atoms with E-state index in [2.05, 4.69) is 4.98 Å². The van der Waals surface area contributed by atoms with Crippen LogP contribution in [0.5, 0.6) is 0 Å². The molecular weight excluding hydrogens is 398 g/mol. The molecule has 1 N–H and O–H groups in total. The Balaban J connectivity index is 2.04. The van der Waals surface area contributed by atoms with Gasteiger partial charge in [-0.1, -0.05) is 29.8 Å². The third kappa shape index (κ3) is 3.53. The molecule has 3 aromatic rings. The summed E-state index contributed by atoms with van der Waals surface area (Å²) in [5.41, 5.74) is -0.314. The molecule has 0 radical (unpaired) electrons. The van der Waals surface area contributed by atoms with Crippen molar-refractivity contribution in [3.63, 3.8) is 0 Å². The van der Waals surface area contributed by atoms with Gasteiger partial charge in [-0.15, -0.1) is 0 Å². The number of halogens is 5. The predicted molar refractivity (Wildman–Crippen MR) is 85.7 cm³/mol. The topological polar surface area (TPSA) is 63.5 Å². The standard InChI is InChI=1S/C15H10ClF4N3O2S/c16-13-14(21-11-3-1-2-8-23(11)13)26(24,25)22-12(15(18,19)20)9-4-6-10(17)7-5-9/h1-8,12,22H. The van der Waals surface area contributed by atoms with Crippen LogP contribution >= 0.6 is 11.6 Å². The van der Waals surface area contributed by atoms with Gasteiger partial charge in [0.15, 0.2) is 5.15 Å². The molecule has 2 heterocycles. The van der Waals surface area contributed by atoms with E-state index in [1.54, 1.807) is 16.9 Å². The van der Waals surface area contributed by atoms with Crippen LogP contribution in [0, 0.1) is 5.82 Å². The van der Waals surface area contributed by atoms with Gasteiger partial charge in [0, 0.05) is 6.20 Å². The van der Waals surface area contributed by atoms with Gasteiger partial charge >= 0.3 is 6.18 Å². The first-order valence-corrected chi connectivity index (χ1v) is 8.93. The van der Waals surface area contributed by atoms with E-state index in [0.29, 0.717) is 0 Å². The van der Waals surface area contributed by atoms with Crippen molar-refractivity contribution >= 4 is 27.3 Å². The largest absolute Gasteiger partial charge is 0.408 e. The monoisotopic (exact) mass is 407 g/mol. The van der Waals surface area contributed by atoms with Crippen molar-refractivity contribution in [2.24, 2.45) is 0 Å². The summed E-state index contributed by atoms with van der Waals surface area (Å²) in [5.74, 6) is -0.749. The predicted octanol–water partition coefficient (Wildman–Crippen LogP) is 3.71. The van der Waals surface area contributed by atoms with E-state index in [1.165, 1.54) is 16.7 Å². The molecule has 0 saturated carbocycles. The molecule has 1 atom stereocenters. The van der Waals surface area contributed by atoms with E-state index >= 15 is 0 Å². The molecule has 0 aliphatic carbocycles. The average Bonchev–Trinajstić information content (AvgIpc) is 2.91. The zero-order chi connectivity index (χ0) is 19.1. The quantitative estimate of drug-likeness (QED) is 0.671. The summed E-state index contributed by atoms with van der Waals surface area (Å²) in [6.45, 7) is 0. The van der Waals surface area contributed by atoms with Crippen LogP contribution in [0.25, 0.3) is 5.65 Å². The van der Waals surface area contributed by atoms with E-state index in [4.69, 9.17) is 11.6 Å². The van der Waals surface area contributed by atoms with E-state index in [-0.39, 0.29) is 10.8 Å². The Hall–Kier alpha value is -2.17. The molecule has 0 saturated heterocycles. The van der Waals surface area contributed by atoms with Gasteiger partial charge < -0.3 is 0 Å². The van der Waals surface area contributed by atoms with Gasteiger partial charge in [0.05, 0.1) is 0 Å². The molecule has 0 amide bonds. The number of nitrogens with one attached hydrogen (secondary N) is 1. The molecule has 1 unspecified atom stereocenters. The molecule has 5 nitrogen and oxygen atoms in total. The first-order valence-electron chi connectivity index (χ1n) is 7.07. The number of hydrogen-bond acceptors (Lipinski definition) is 3. The fraction of sp³-hybridized carbons (Fsp3) is 0.133. The minimum Gasteiger partial charge on any atom is -0.289 e. The minimum atomic E-state index is -4.96. The van der Waals surface area contributed by atoms with Crippen LogP contribution in [0.3, 0.4) is 0 Å². The summed E-state index contributed by atoms with van der Waals surface area (Å²) in [5, 5.41) is -1.09. The maximum atomic E-state index is 13.4. The zero-order valence-electron chi connectivity index (χ0n) is 12.7. The van der Waals surface area contributed by atoms with Crippen LogP contribution in [-0.2, 0) is 10.0 Å². The lowest BCUT2D eigenvalue weighted by atomic mass is 10.1. The average molecular weight is 408 g/mol. The van der Waals surface area contributed by atoms with Crippen molar-refractivity contribution < 1.29 is 26.0 Å². The van der Waals surface area contributed by atoms with Crippen molar-refractivity contribution in [3.8, 4) is 0 Å². The van der Waals surface area contributed by atoms with Gasteiger partial charge in [-0.25, -0.2) is 17.8 Å². The van der Waals surface area contributed by atoms with Crippen LogP contribution in [0.4, 0.5) is 17.6 Å². The van der Waals surface area contributed by atoms with Gasteiger partial charge in [-0.2, -0.15) is 17.9 Å². The minimum absolute atomic E-state index is 0.156. The first kappa shape index (κ1) is 18.6. The van der Waals surface area contributed by atoms with E-state index in [0.717, 1.165) is 24.3 Å². The molecule has 11 heteroatoms. The maximum absolute atomic E-state index is 13.4. The lowest BCUT2D eigenvalue weighted by Crippen LogP contribution is -2.38. The van der Waals surface area contributed by atoms with Crippen LogP contribution in [0.1, 0.15) is 11.6 Å². The summed E-state index contributed by atoms with van der Waals surface area (Å²) in [7, 11) is -4.72. The van der Waals surface area contributed by atoms with E-state index in [1.807, 2.05) is 0 Å². The Bertz CT molecular complexity index is 1050. The fourth-order valence-corrected chi connectivity index (χ4v) is 4.02. The highest BCUT2D eigenvalue weighted by molar-refractivity contribution is 7.89. The number of sulfonamides is 1. The molecule has 0 bridgehead atoms. The molecule has 2 aromatic heterocycles. The van der Waals surface area contributed by atoms with Crippen molar-refractivity contribution in [1.29, 1.82) is 0 Å². The lowest BCUT2D eigenvalue weighted by Gasteiger charge is -2.21. The Morgan fingerprint density at radius 3 is 2.35 bits per heavy atom. The van der Waals surface area contributed by atoms with Crippen molar-refractivity contribution in [2.45, 2.75) is 17.2 Å². The van der Waals surface area contributed by atoms with Crippen LogP contribution in [0.2, 0.25) is 5.15 Å². The Morgan fingerprint density at radius 1 is 1.12 bits per heavy atom. The summed E-state index contributed by atoms with van der Waals surface area (Å²) >= 11 is 5.96. The molecule has 0 fully saturated rings. The van der Waals surface area contributed by atoms with Crippen molar-refractivity contribution in [1.82, 2.24) is 14.1 Å². The van der Waals surface area contributed by atoms with Gasteiger partial charge in [0.1, 0.15) is 17.5 Å².